The molecule has 0 aliphatic rings. The van der Waals surface area contributed by atoms with E-state index in [0.29, 0.717) is 16.9 Å². The molecule has 0 spiro atoms. The van der Waals surface area contributed by atoms with Gasteiger partial charge in [0.1, 0.15) is 11.6 Å². The summed E-state index contributed by atoms with van der Waals surface area (Å²) in [6.45, 7) is 8.28. The smallest absolute Gasteiger partial charge is 0.150 e. The number of benzene rings is 1. The van der Waals surface area contributed by atoms with E-state index in [1.807, 2.05) is 0 Å². The van der Waals surface area contributed by atoms with Crippen molar-refractivity contribution in [2.75, 3.05) is 13.1 Å². The highest BCUT2D eigenvalue weighted by Gasteiger charge is 2.12. The van der Waals surface area contributed by atoms with Crippen LogP contribution >= 0.6 is 0 Å². The molecule has 0 bridgehead atoms. The van der Waals surface area contributed by atoms with Crippen LogP contribution in [0.3, 0.4) is 0 Å². The van der Waals surface area contributed by atoms with Gasteiger partial charge in [-0.25, -0.2) is 8.78 Å². The molecular formula is C15H20F2N2. The van der Waals surface area contributed by atoms with E-state index in [9.17, 15) is 8.78 Å². The molecule has 0 saturated heterocycles. The predicted molar refractivity (Wildman–Crippen MR) is 74.3 cm³/mol. The Morgan fingerprint density at radius 2 is 2.00 bits per heavy atom. The highest BCUT2D eigenvalue weighted by atomic mass is 19.1. The molecule has 104 valence electrons. The zero-order valence-corrected chi connectivity index (χ0v) is 11.6. The number of hydrogen-bond acceptors (Lipinski definition) is 1. The van der Waals surface area contributed by atoms with Gasteiger partial charge < -0.3 is 9.88 Å². The zero-order chi connectivity index (χ0) is 14.0. The first kappa shape index (κ1) is 14.0. The molecular weight excluding hydrogens is 246 g/mol. The maximum atomic E-state index is 13.6. The molecule has 0 amide bonds. The lowest BCUT2D eigenvalue weighted by Crippen LogP contribution is -2.32. The number of fused-ring (bicyclic) bond motifs is 1. The van der Waals surface area contributed by atoms with Crippen molar-refractivity contribution in [3.8, 4) is 0 Å². The molecule has 1 heterocycles. The molecule has 2 nitrogen and oxygen atoms in total. The molecule has 0 aliphatic carbocycles. The van der Waals surface area contributed by atoms with Crippen LogP contribution < -0.4 is 0 Å². The summed E-state index contributed by atoms with van der Waals surface area (Å²) in [5.74, 6) is -1.06. The number of hydrogen-bond donors (Lipinski definition) is 1. The van der Waals surface area contributed by atoms with Gasteiger partial charge in [0, 0.05) is 30.2 Å². The lowest BCUT2D eigenvalue weighted by Gasteiger charge is -2.24. The number of aromatic amines is 1. The Balaban J connectivity index is 2.22. The summed E-state index contributed by atoms with van der Waals surface area (Å²) >= 11 is 0. The van der Waals surface area contributed by atoms with E-state index in [4.69, 9.17) is 0 Å². The van der Waals surface area contributed by atoms with Crippen molar-refractivity contribution < 1.29 is 8.78 Å². The average Bonchev–Trinajstić information content (AvgIpc) is 2.73. The summed E-state index contributed by atoms with van der Waals surface area (Å²) in [5, 5.41) is 0.650. The van der Waals surface area contributed by atoms with Crippen LogP contribution in [0.2, 0.25) is 0 Å². The first-order chi connectivity index (χ1) is 9.02. The molecule has 0 radical (unpaired) electrons. The van der Waals surface area contributed by atoms with Crippen LogP contribution in [0.5, 0.6) is 0 Å². The largest absolute Gasteiger partial charge is 0.359 e. The Morgan fingerprint density at radius 1 is 1.26 bits per heavy atom. The van der Waals surface area contributed by atoms with Crippen LogP contribution in [-0.4, -0.2) is 29.0 Å². The van der Waals surface area contributed by atoms with E-state index in [1.54, 1.807) is 6.20 Å². The van der Waals surface area contributed by atoms with Crippen molar-refractivity contribution in [1.29, 1.82) is 0 Å². The Kier molecular flexibility index (Phi) is 4.20. The van der Waals surface area contributed by atoms with Gasteiger partial charge in [-0.05, 0) is 38.4 Å². The van der Waals surface area contributed by atoms with Gasteiger partial charge in [0.15, 0.2) is 0 Å². The van der Waals surface area contributed by atoms with Crippen molar-refractivity contribution in [2.24, 2.45) is 0 Å². The van der Waals surface area contributed by atoms with Crippen molar-refractivity contribution in [1.82, 2.24) is 9.88 Å². The fourth-order valence-corrected chi connectivity index (χ4v) is 2.46. The number of nitrogens with zero attached hydrogens (tertiary/aromatic N) is 1. The fourth-order valence-electron chi connectivity index (χ4n) is 2.46. The molecule has 19 heavy (non-hydrogen) atoms. The summed E-state index contributed by atoms with van der Waals surface area (Å²) in [6.07, 6.45) is 2.57. The quantitative estimate of drug-likeness (QED) is 0.874. The standard InChI is InChI=1S/C15H20F2N2/c1-4-19(10(2)3)6-5-11-9-18-15-13(11)7-12(16)8-14(15)17/h7-10,18H,4-6H2,1-3H3. The van der Waals surface area contributed by atoms with E-state index < -0.39 is 11.6 Å². The van der Waals surface area contributed by atoms with E-state index >= 15 is 0 Å². The summed E-state index contributed by atoms with van der Waals surface area (Å²) in [7, 11) is 0. The summed E-state index contributed by atoms with van der Waals surface area (Å²) in [5.41, 5.74) is 1.36. The van der Waals surface area contributed by atoms with Crippen molar-refractivity contribution in [3.05, 3.63) is 35.5 Å². The number of rotatable bonds is 5. The van der Waals surface area contributed by atoms with Crippen LogP contribution in [0, 0.1) is 11.6 Å². The molecule has 0 aliphatic heterocycles. The van der Waals surface area contributed by atoms with Gasteiger partial charge in [-0.3, -0.25) is 0 Å². The minimum atomic E-state index is -0.530. The minimum absolute atomic E-state index is 0.393. The van der Waals surface area contributed by atoms with Crippen molar-refractivity contribution in [3.63, 3.8) is 0 Å². The average molecular weight is 266 g/mol. The SMILES string of the molecule is CCN(CCc1c[nH]c2c(F)cc(F)cc12)C(C)C. The number of likely N-dealkylation sites (N-methyl/N-ethyl adjacent to an activating group) is 1. The van der Waals surface area contributed by atoms with Gasteiger partial charge >= 0.3 is 0 Å². The normalized spacial score (nSPS) is 11.9. The van der Waals surface area contributed by atoms with Crippen LogP contribution in [0.25, 0.3) is 10.9 Å². The molecule has 1 aromatic carbocycles. The van der Waals surface area contributed by atoms with Gasteiger partial charge in [0.05, 0.1) is 5.52 Å². The lowest BCUT2D eigenvalue weighted by atomic mass is 10.1. The molecule has 0 unspecified atom stereocenters. The van der Waals surface area contributed by atoms with Crippen LogP contribution in [0.4, 0.5) is 8.78 Å². The lowest BCUT2D eigenvalue weighted by molar-refractivity contribution is 0.237. The third-order valence-corrected chi connectivity index (χ3v) is 3.60. The maximum absolute atomic E-state index is 13.6. The van der Waals surface area contributed by atoms with Crippen LogP contribution in [0.1, 0.15) is 26.3 Å². The highest BCUT2D eigenvalue weighted by molar-refractivity contribution is 5.83. The number of aromatic nitrogens is 1. The maximum Gasteiger partial charge on any atom is 0.150 e. The summed E-state index contributed by atoms with van der Waals surface area (Å²) in [6, 6.07) is 2.79. The Morgan fingerprint density at radius 3 is 2.63 bits per heavy atom. The number of nitrogens with one attached hydrogen (secondary N) is 1. The third kappa shape index (κ3) is 2.95. The Bertz CT molecular complexity index is 561. The second-order valence-corrected chi connectivity index (χ2v) is 5.10. The molecule has 1 N–H and O–H groups in total. The molecule has 0 fully saturated rings. The first-order valence-electron chi connectivity index (χ1n) is 6.72. The third-order valence-electron chi connectivity index (χ3n) is 3.60. The van der Waals surface area contributed by atoms with Crippen molar-refractivity contribution >= 4 is 10.9 Å². The van der Waals surface area contributed by atoms with Gasteiger partial charge in [-0.1, -0.05) is 6.92 Å². The predicted octanol–water partition coefficient (Wildman–Crippen LogP) is 3.72. The highest BCUT2D eigenvalue weighted by Crippen LogP contribution is 2.23. The molecule has 1 aromatic heterocycles. The van der Waals surface area contributed by atoms with Crippen LogP contribution in [-0.2, 0) is 6.42 Å². The Hall–Kier alpha value is -1.42. The Labute approximate surface area is 112 Å². The number of H-pyrrole nitrogens is 1. The molecule has 0 atom stereocenters. The van der Waals surface area contributed by atoms with E-state index in [0.717, 1.165) is 31.1 Å². The molecule has 2 rings (SSSR count). The monoisotopic (exact) mass is 266 g/mol. The van der Waals surface area contributed by atoms with Crippen molar-refractivity contribution in [2.45, 2.75) is 33.2 Å². The van der Waals surface area contributed by atoms with Gasteiger partial charge in [-0.15, -0.1) is 0 Å². The number of halogens is 2. The minimum Gasteiger partial charge on any atom is -0.359 e. The van der Waals surface area contributed by atoms with Gasteiger partial charge in [-0.2, -0.15) is 0 Å². The molecule has 4 heteroatoms. The second-order valence-electron chi connectivity index (χ2n) is 5.10. The summed E-state index contributed by atoms with van der Waals surface area (Å²) in [4.78, 5) is 5.22. The molecule has 0 saturated carbocycles. The molecule has 2 aromatic rings. The van der Waals surface area contributed by atoms with E-state index in [-0.39, 0.29) is 0 Å². The van der Waals surface area contributed by atoms with E-state index in [1.165, 1.54) is 6.07 Å². The zero-order valence-electron chi connectivity index (χ0n) is 11.6. The van der Waals surface area contributed by atoms with Gasteiger partial charge in [0.25, 0.3) is 0 Å². The van der Waals surface area contributed by atoms with Crippen LogP contribution in [0.15, 0.2) is 18.3 Å². The topological polar surface area (TPSA) is 19.0 Å². The van der Waals surface area contributed by atoms with E-state index in [2.05, 4.69) is 30.7 Å². The fraction of sp³-hybridized carbons (Fsp3) is 0.467. The van der Waals surface area contributed by atoms with Gasteiger partial charge in [0.2, 0.25) is 0 Å². The first-order valence-corrected chi connectivity index (χ1v) is 6.72. The second kappa shape index (κ2) is 5.70. The summed E-state index contributed by atoms with van der Waals surface area (Å²) < 4.78 is 26.9.